The summed E-state index contributed by atoms with van der Waals surface area (Å²) in [5.74, 6) is -0.344. The molecule has 3 N–H and O–H groups in total. The second-order valence-electron chi connectivity index (χ2n) is 3.39. The van der Waals surface area contributed by atoms with Gasteiger partial charge in [0.25, 0.3) is 5.91 Å². The van der Waals surface area contributed by atoms with Gasteiger partial charge in [0.15, 0.2) is 0 Å². The van der Waals surface area contributed by atoms with Gasteiger partial charge in [-0.2, -0.15) is 0 Å². The Morgan fingerprint density at radius 3 is 2.59 bits per heavy atom. The van der Waals surface area contributed by atoms with Crippen LogP contribution in [0.25, 0.3) is 0 Å². The van der Waals surface area contributed by atoms with Crippen LogP contribution in [0.4, 0.5) is 5.69 Å². The number of benzene rings is 1. The number of hydrogen-bond acceptors (Lipinski definition) is 2. The lowest BCUT2D eigenvalue weighted by Gasteiger charge is -2.03. The second-order valence-corrected chi connectivity index (χ2v) is 3.95. The van der Waals surface area contributed by atoms with E-state index in [1.807, 2.05) is 18.2 Å². The minimum Gasteiger partial charge on any atom is -0.321 e. The number of carbonyl (C=O) groups is 1. The summed E-state index contributed by atoms with van der Waals surface area (Å²) in [6.07, 6.45) is 0. The van der Waals surface area contributed by atoms with Crippen molar-refractivity contribution in [2.45, 2.75) is 5.33 Å². The number of alkyl halides is 1. The van der Waals surface area contributed by atoms with E-state index in [1.54, 1.807) is 12.1 Å². The Morgan fingerprint density at radius 1 is 1.24 bits per heavy atom. The maximum Gasteiger partial charge on any atom is 0.323 e. The van der Waals surface area contributed by atoms with Crippen LogP contribution in [0.3, 0.4) is 0 Å². The van der Waals surface area contributed by atoms with E-state index in [2.05, 4.69) is 31.2 Å². The van der Waals surface area contributed by atoms with Gasteiger partial charge in [-0.1, -0.05) is 34.1 Å². The zero-order chi connectivity index (χ0) is 12.3. The van der Waals surface area contributed by atoms with Crippen LogP contribution < -0.4 is 11.0 Å². The van der Waals surface area contributed by atoms with Crippen LogP contribution in [0.15, 0.2) is 35.1 Å². The number of aromatic amines is 2. The third kappa shape index (κ3) is 2.65. The van der Waals surface area contributed by atoms with E-state index in [1.165, 1.54) is 0 Å². The molecule has 0 aliphatic heterocycles. The van der Waals surface area contributed by atoms with E-state index >= 15 is 0 Å². The number of para-hydroxylation sites is 1. The Bertz CT molecular complexity index is 574. The Hall–Kier alpha value is -1.82. The number of hydrogen-bond donors (Lipinski definition) is 3. The van der Waals surface area contributed by atoms with E-state index < -0.39 is 5.69 Å². The molecule has 1 heterocycles. The molecule has 0 fully saturated rings. The van der Waals surface area contributed by atoms with E-state index in [-0.39, 0.29) is 11.6 Å². The van der Waals surface area contributed by atoms with Crippen LogP contribution >= 0.6 is 15.9 Å². The van der Waals surface area contributed by atoms with Gasteiger partial charge in [-0.3, -0.25) is 4.79 Å². The molecule has 0 radical (unpaired) electrons. The molecule has 1 aromatic carbocycles. The van der Waals surface area contributed by atoms with Crippen molar-refractivity contribution in [2.75, 3.05) is 5.32 Å². The van der Waals surface area contributed by atoms with E-state index in [9.17, 15) is 9.59 Å². The summed E-state index contributed by atoms with van der Waals surface area (Å²) in [6, 6.07) is 9.05. The molecule has 0 aliphatic carbocycles. The van der Waals surface area contributed by atoms with Gasteiger partial charge in [-0.25, -0.2) is 4.79 Å². The fraction of sp³-hybridized carbons (Fsp3) is 0.0909. The van der Waals surface area contributed by atoms with Crippen LogP contribution in [0.1, 0.15) is 16.2 Å². The fourth-order valence-corrected chi connectivity index (χ4v) is 1.85. The highest BCUT2D eigenvalue weighted by molar-refractivity contribution is 9.08. The molecule has 1 aromatic heterocycles. The van der Waals surface area contributed by atoms with Gasteiger partial charge in [0.2, 0.25) is 0 Å². The number of rotatable bonds is 3. The van der Waals surface area contributed by atoms with E-state index in [4.69, 9.17) is 0 Å². The minimum atomic E-state index is -0.391. The third-order valence-corrected chi connectivity index (χ3v) is 2.76. The maximum absolute atomic E-state index is 11.9. The molecule has 0 aliphatic rings. The summed E-state index contributed by atoms with van der Waals surface area (Å²) in [6.45, 7) is 0. The van der Waals surface area contributed by atoms with Crippen molar-refractivity contribution in [2.24, 2.45) is 0 Å². The monoisotopic (exact) mass is 295 g/mol. The number of carbonyl (C=O) groups excluding carboxylic acids is 1. The zero-order valence-electron chi connectivity index (χ0n) is 8.79. The van der Waals surface area contributed by atoms with Gasteiger partial charge in [0.1, 0.15) is 5.69 Å². The molecule has 0 bridgehead atoms. The predicted molar refractivity (Wildman–Crippen MR) is 68.4 cm³/mol. The van der Waals surface area contributed by atoms with Crippen molar-refractivity contribution < 1.29 is 4.79 Å². The number of halogens is 1. The summed E-state index contributed by atoms with van der Waals surface area (Å²) in [4.78, 5) is 28.0. The first-order valence-corrected chi connectivity index (χ1v) is 6.06. The number of amides is 1. The molecule has 0 unspecified atom stereocenters. The highest BCUT2D eigenvalue weighted by Crippen LogP contribution is 2.10. The molecule has 2 aromatic rings. The quantitative estimate of drug-likeness (QED) is 0.756. The highest BCUT2D eigenvalue weighted by atomic mass is 79.9. The molecular formula is C11H10BrN3O2. The van der Waals surface area contributed by atoms with Crippen molar-refractivity contribution in [3.63, 3.8) is 0 Å². The number of anilines is 1. The van der Waals surface area contributed by atoms with Crippen LogP contribution in [-0.2, 0) is 5.33 Å². The number of imidazole rings is 1. The lowest BCUT2D eigenvalue weighted by atomic mass is 10.3. The number of H-pyrrole nitrogens is 2. The first-order chi connectivity index (χ1) is 8.20. The van der Waals surface area contributed by atoms with Crippen molar-refractivity contribution in [3.05, 3.63) is 52.2 Å². The van der Waals surface area contributed by atoms with Crippen LogP contribution in [0.5, 0.6) is 0 Å². The van der Waals surface area contributed by atoms with Crippen molar-refractivity contribution in [3.8, 4) is 0 Å². The maximum atomic E-state index is 11.9. The topological polar surface area (TPSA) is 77.8 Å². The lowest BCUT2D eigenvalue weighted by molar-refractivity contribution is 0.102. The first kappa shape index (κ1) is 11.7. The summed E-state index contributed by atoms with van der Waals surface area (Å²) >= 11 is 3.21. The average Bonchev–Trinajstić information content (AvgIpc) is 2.72. The van der Waals surface area contributed by atoms with Crippen LogP contribution in [-0.4, -0.2) is 15.9 Å². The smallest absolute Gasteiger partial charge is 0.321 e. The molecule has 88 valence electrons. The minimum absolute atomic E-state index is 0.246. The SMILES string of the molecule is O=C(Nc1ccccc1)c1[nH]c(=O)[nH]c1CBr. The molecule has 6 heteroatoms. The molecule has 0 saturated heterocycles. The molecule has 0 saturated carbocycles. The van der Waals surface area contributed by atoms with Gasteiger partial charge in [-0.15, -0.1) is 0 Å². The van der Waals surface area contributed by atoms with Gasteiger partial charge in [-0.05, 0) is 12.1 Å². The molecule has 17 heavy (non-hydrogen) atoms. The fourth-order valence-electron chi connectivity index (χ4n) is 1.43. The highest BCUT2D eigenvalue weighted by Gasteiger charge is 2.14. The third-order valence-electron chi connectivity index (χ3n) is 2.20. The zero-order valence-corrected chi connectivity index (χ0v) is 10.4. The molecule has 0 spiro atoms. The first-order valence-electron chi connectivity index (χ1n) is 4.94. The Balaban J connectivity index is 2.23. The molecule has 0 atom stereocenters. The summed E-state index contributed by atoms with van der Waals surface area (Å²) in [5.41, 5.74) is 1.07. The van der Waals surface area contributed by atoms with Gasteiger partial charge < -0.3 is 15.3 Å². The summed E-state index contributed by atoms with van der Waals surface area (Å²) < 4.78 is 0. The number of nitrogens with one attached hydrogen (secondary N) is 3. The Morgan fingerprint density at radius 2 is 1.94 bits per heavy atom. The van der Waals surface area contributed by atoms with Crippen molar-refractivity contribution in [1.29, 1.82) is 0 Å². The van der Waals surface area contributed by atoms with Crippen molar-refractivity contribution >= 4 is 27.5 Å². The van der Waals surface area contributed by atoms with Crippen LogP contribution in [0, 0.1) is 0 Å². The largest absolute Gasteiger partial charge is 0.323 e. The van der Waals surface area contributed by atoms with E-state index in [0.29, 0.717) is 16.7 Å². The molecule has 5 nitrogen and oxygen atoms in total. The molecular weight excluding hydrogens is 286 g/mol. The summed E-state index contributed by atoms with van der Waals surface area (Å²) in [5, 5.41) is 3.10. The normalized spacial score (nSPS) is 10.2. The van der Waals surface area contributed by atoms with Gasteiger partial charge in [0, 0.05) is 11.0 Å². The second kappa shape index (κ2) is 5.01. The Labute approximate surface area is 105 Å². The summed E-state index contributed by atoms with van der Waals surface area (Å²) in [7, 11) is 0. The van der Waals surface area contributed by atoms with Crippen molar-refractivity contribution in [1.82, 2.24) is 9.97 Å². The average molecular weight is 296 g/mol. The van der Waals surface area contributed by atoms with Crippen LogP contribution in [0.2, 0.25) is 0 Å². The Kier molecular flexibility index (Phi) is 3.43. The van der Waals surface area contributed by atoms with E-state index in [0.717, 1.165) is 0 Å². The molecule has 1 amide bonds. The number of aromatic nitrogens is 2. The van der Waals surface area contributed by atoms with Gasteiger partial charge >= 0.3 is 5.69 Å². The molecule has 2 rings (SSSR count). The predicted octanol–water partition coefficient (Wildman–Crippen LogP) is 1.85. The van der Waals surface area contributed by atoms with Gasteiger partial charge in [0.05, 0.1) is 5.69 Å². The standard InChI is InChI=1S/C11H10BrN3O2/c12-6-8-9(15-11(17)14-8)10(16)13-7-4-2-1-3-5-7/h1-5H,6H2,(H,13,16)(H2,14,15,17). The lowest BCUT2D eigenvalue weighted by Crippen LogP contribution is -2.15.